The molecule has 1 aromatic heterocycles. The molecule has 0 saturated carbocycles. The Bertz CT molecular complexity index is 2770. The molecule has 0 aliphatic carbocycles. The van der Waals surface area contributed by atoms with Gasteiger partial charge in [0.05, 0.1) is 28.4 Å². The molecule has 10 nitrogen and oxygen atoms in total. The lowest BCUT2D eigenvalue weighted by molar-refractivity contribution is 0.382. The summed E-state index contributed by atoms with van der Waals surface area (Å²) in [6, 6.07) is 32.1. The van der Waals surface area contributed by atoms with Gasteiger partial charge in [-0.15, -0.1) is 0 Å². The lowest BCUT2D eigenvalue weighted by atomic mass is 9.94. The number of hydrogen-bond donors (Lipinski definition) is 0. The second-order valence-corrected chi connectivity index (χ2v) is 19.6. The number of rotatable bonds is 25. The summed E-state index contributed by atoms with van der Waals surface area (Å²) in [6.07, 6.45) is 10.6. The molecular weight excluding hydrogens is 919 g/mol. The predicted molar refractivity (Wildman–Crippen MR) is 286 cm³/mol. The number of para-hydroxylation sites is 2. The van der Waals surface area contributed by atoms with Crippen LogP contribution in [0.2, 0.25) is 0 Å². The molecule has 0 amide bonds. The van der Waals surface area contributed by atoms with Crippen LogP contribution in [-0.2, 0) is 25.7 Å². The van der Waals surface area contributed by atoms with Gasteiger partial charge in [0.1, 0.15) is 57.2 Å². The maximum atomic E-state index is 7.42. The van der Waals surface area contributed by atoms with Crippen molar-refractivity contribution >= 4 is 38.8 Å². The Labute approximate surface area is 417 Å². The highest BCUT2D eigenvalue weighted by molar-refractivity contribution is 7.43. The van der Waals surface area contributed by atoms with Gasteiger partial charge in [-0.2, -0.15) is 0 Å². The van der Waals surface area contributed by atoms with Crippen molar-refractivity contribution in [2.24, 2.45) is 0 Å². The number of benzene rings is 6. The number of unbranched alkanes of at least 4 members (excludes halogenated alkanes) is 4. The van der Waals surface area contributed by atoms with Crippen molar-refractivity contribution in [3.05, 3.63) is 130 Å². The zero-order valence-corrected chi connectivity index (χ0v) is 44.5. The van der Waals surface area contributed by atoms with E-state index in [0.717, 1.165) is 131 Å². The van der Waals surface area contributed by atoms with Crippen LogP contribution < -0.4 is 37.0 Å². The first-order chi connectivity index (χ1) is 34.1. The third kappa shape index (κ3) is 12.5. The maximum absolute atomic E-state index is 7.42. The average Bonchev–Trinajstić information content (AvgIpc) is 3.53. The molecular formula is C58H70O10P2. The monoisotopic (exact) mass is 988 g/mol. The Kier molecular flexibility index (Phi) is 18.7. The van der Waals surface area contributed by atoms with Gasteiger partial charge < -0.3 is 45.4 Å². The van der Waals surface area contributed by atoms with Gasteiger partial charge in [-0.1, -0.05) is 89.8 Å². The van der Waals surface area contributed by atoms with E-state index in [2.05, 4.69) is 52.0 Å². The Hall–Kier alpha value is -5.95. The Morgan fingerprint density at radius 1 is 0.443 bits per heavy atom. The summed E-state index contributed by atoms with van der Waals surface area (Å²) >= 11 is 0. The third-order valence-corrected chi connectivity index (χ3v) is 14.5. The highest BCUT2D eigenvalue weighted by Gasteiger charge is 2.29. The SMILES string of the molecule is CCCCc1cc(OC)cc(-c2cc(OC)cc(CCCC)c2Op2oc3c(CCCC)cc(OC)cc3c3cc(OC)cc(CCCC)c3o2)c1OP(Oc1ccccc1C)Oc1ccccc1C. The van der Waals surface area contributed by atoms with Crippen molar-refractivity contribution in [1.29, 1.82) is 0 Å². The highest BCUT2D eigenvalue weighted by Crippen LogP contribution is 2.53. The molecule has 0 fully saturated rings. The van der Waals surface area contributed by atoms with E-state index in [-0.39, 0.29) is 0 Å². The van der Waals surface area contributed by atoms with E-state index in [1.165, 1.54) is 0 Å². The summed E-state index contributed by atoms with van der Waals surface area (Å²) in [6.45, 7) is 12.8. The molecule has 0 bridgehead atoms. The molecule has 70 heavy (non-hydrogen) atoms. The van der Waals surface area contributed by atoms with Crippen LogP contribution in [0.4, 0.5) is 0 Å². The summed E-state index contributed by atoms with van der Waals surface area (Å²) in [5, 5.41) is 1.73. The molecule has 0 aliphatic heterocycles. The molecule has 372 valence electrons. The number of hydrogen-bond acceptors (Lipinski definition) is 10. The van der Waals surface area contributed by atoms with Crippen LogP contribution >= 0.6 is 16.8 Å². The molecule has 0 spiro atoms. The number of ether oxygens (including phenoxy) is 4. The van der Waals surface area contributed by atoms with Gasteiger partial charge in [-0.3, -0.25) is 0 Å². The first-order valence-electron chi connectivity index (χ1n) is 24.8. The molecule has 0 saturated heterocycles. The summed E-state index contributed by atoms with van der Waals surface area (Å²) in [5.74, 6) is 5.34. The third-order valence-electron chi connectivity index (χ3n) is 12.5. The minimum atomic E-state index is -2.16. The van der Waals surface area contributed by atoms with Crippen LogP contribution in [-0.4, -0.2) is 28.4 Å². The van der Waals surface area contributed by atoms with Crippen molar-refractivity contribution in [2.45, 2.75) is 119 Å². The van der Waals surface area contributed by atoms with Gasteiger partial charge in [0, 0.05) is 21.9 Å². The van der Waals surface area contributed by atoms with Gasteiger partial charge >= 0.3 is 16.8 Å². The topological polar surface area (TPSA) is 100 Å². The second kappa shape index (κ2) is 25.3. The summed E-state index contributed by atoms with van der Waals surface area (Å²) in [4.78, 5) is 0. The van der Waals surface area contributed by atoms with Gasteiger partial charge in [0.15, 0.2) is 0 Å². The molecule has 1 heterocycles. The normalized spacial score (nSPS) is 11.2. The van der Waals surface area contributed by atoms with E-state index in [1.54, 1.807) is 28.4 Å². The second-order valence-electron chi connectivity index (χ2n) is 17.6. The largest absolute Gasteiger partial charge is 0.530 e. The lowest BCUT2D eigenvalue weighted by Gasteiger charge is -2.24. The van der Waals surface area contributed by atoms with Crippen molar-refractivity contribution < 1.29 is 45.4 Å². The summed E-state index contributed by atoms with van der Waals surface area (Å²) in [5.41, 5.74) is 8.68. The van der Waals surface area contributed by atoms with E-state index in [4.69, 9.17) is 45.4 Å². The summed E-state index contributed by atoms with van der Waals surface area (Å²) < 4.78 is 66.6. The molecule has 6 aromatic carbocycles. The van der Waals surface area contributed by atoms with Gasteiger partial charge in [-0.25, -0.2) is 0 Å². The van der Waals surface area contributed by atoms with Crippen LogP contribution in [0.1, 0.15) is 112 Å². The minimum absolute atomic E-state index is 0.594. The molecule has 0 atom stereocenters. The number of aryl methyl sites for hydroxylation is 6. The Morgan fingerprint density at radius 3 is 1.23 bits per heavy atom. The first-order valence-corrected chi connectivity index (χ1v) is 27.0. The van der Waals surface area contributed by atoms with Crippen LogP contribution in [0.3, 0.4) is 0 Å². The van der Waals surface area contributed by atoms with E-state index in [1.807, 2.05) is 86.6 Å². The van der Waals surface area contributed by atoms with Crippen LogP contribution in [0.15, 0.2) is 105 Å². The molecule has 7 rings (SSSR count). The first kappa shape index (κ1) is 51.9. The molecule has 7 aromatic rings. The fraction of sp³-hybridized carbons (Fsp3) is 0.379. The highest BCUT2D eigenvalue weighted by atomic mass is 31.2. The van der Waals surface area contributed by atoms with E-state index < -0.39 is 16.8 Å². The lowest BCUT2D eigenvalue weighted by Crippen LogP contribution is -2.07. The minimum Gasteiger partial charge on any atom is -0.497 e. The number of fused-ring (bicyclic) bond motifs is 3. The zero-order chi connectivity index (χ0) is 49.6. The van der Waals surface area contributed by atoms with E-state index in [0.29, 0.717) is 58.5 Å². The van der Waals surface area contributed by atoms with E-state index >= 15 is 0 Å². The zero-order valence-electron chi connectivity index (χ0n) is 42.7. The smallest absolute Gasteiger partial charge is 0.497 e. The van der Waals surface area contributed by atoms with Crippen LogP contribution in [0.5, 0.6) is 46.0 Å². The fourth-order valence-corrected chi connectivity index (χ4v) is 10.9. The standard InChI is InChI=1S/C58H70O10P2/c1-11-15-25-41-31-45(59-7)35-49(55(41)65-69(63-53-29-21-19-23-39(53)5)64-54-30-22-20-24-40(54)6)50-36-46(60-8)32-42(26-16-12-2)56(50)66-70-67-57-43(27-17-13-3)33-47(61-9)37-51(57)52-38-48(62-10)34-44(28-18-14-4)58(52)68-70/h19-24,29-38H,11-18,25-28H2,1-10H3. The predicted octanol–water partition coefficient (Wildman–Crippen LogP) is 17.6. The van der Waals surface area contributed by atoms with Crippen molar-refractivity contribution in [2.75, 3.05) is 28.4 Å². The van der Waals surface area contributed by atoms with Gasteiger partial charge in [-0.05, 0) is 159 Å². The average molecular weight is 989 g/mol. The number of methoxy groups -OCH3 is 4. The van der Waals surface area contributed by atoms with Crippen LogP contribution in [0, 0.1) is 13.8 Å². The van der Waals surface area contributed by atoms with Crippen molar-refractivity contribution in [1.82, 2.24) is 0 Å². The maximum Gasteiger partial charge on any atom is 0.530 e. The quantitative estimate of drug-likeness (QED) is 0.0515. The van der Waals surface area contributed by atoms with Crippen molar-refractivity contribution in [3.8, 4) is 57.1 Å². The molecule has 0 radical (unpaired) electrons. The fourth-order valence-electron chi connectivity index (χ4n) is 8.44. The summed E-state index contributed by atoms with van der Waals surface area (Å²) in [7, 11) is 2.54. The van der Waals surface area contributed by atoms with E-state index in [9.17, 15) is 0 Å². The molecule has 0 unspecified atom stereocenters. The molecule has 0 aliphatic rings. The molecule has 0 N–H and O–H groups in total. The molecule has 12 heteroatoms. The van der Waals surface area contributed by atoms with Crippen LogP contribution in [0.25, 0.3) is 33.1 Å². The van der Waals surface area contributed by atoms with Crippen molar-refractivity contribution in [3.63, 3.8) is 0 Å². The van der Waals surface area contributed by atoms with Gasteiger partial charge in [0.25, 0.3) is 0 Å². The van der Waals surface area contributed by atoms with Gasteiger partial charge in [0.2, 0.25) is 0 Å². The Balaban J connectivity index is 1.54. The Morgan fingerprint density at radius 2 is 0.814 bits per heavy atom.